The highest BCUT2D eigenvalue weighted by molar-refractivity contribution is 5.71. The number of fused-ring (bicyclic) bond motifs is 1. The van der Waals surface area contributed by atoms with E-state index in [4.69, 9.17) is 4.98 Å². The third kappa shape index (κ3) is 2.34. The molecule has 2 aromatic heterocycles. The van der Waals surface area contributed by atoms with Crippen LogP contribution in [0.4, 0.5) is 0 Å². The molecule has 5 heteroatoms. The lowest BCUT2D eigenvalue weighted by Crippen LogP contribution is -2.32. The number of hydrogen-bond donors (Lipinski definition) is 1. The van der Waals surface area contributed by atoms with Gasteiger partial charge < -0.3 is 14.8 Å². The average Bonchev–Trinajstić information content (AvgIpc) is 3.14. The molecular formula is C16H23N5. The van der Waals surface area contributed by atoms with Crippen molar-refractivity contribution in [3.8, 4) is 0 Å². The number of nitrogens with one attached hydrogen (secondary N) is 1. The summed E-state index contributed by atoms with van der Waals surface area (Å²) >= 11 is 0. The quantitative estimate of drug-likeness (QED) is 0.913. The second kappa shape index (κ2) is 5.39. The summed E-state index contributed by atoms with van der Waals surface area (Å²) in [4.78, 5) is 12.0. The van der Waals surface area contributed by atoms with Gasteiger partial charge in [-0.05, 0) is 51.5 Å². The summed E-state index contributed by atoms with van der Waals surface area (Å²) < 4.78 is 2.43. The van der Waals surface area contributed by atoms with Crippen LogP contribution in [0.25, 0.3) is 11.2 Å². The summed E-state index contributed by atoms with van der Waals surface area (Å²) in [6.07, 6.45) is 5.58. The molecule has 0 saturated carbocycles. The van der Waals surface area contributed by atoms with Gasteiger partial charge >= 0.3 is 0 Å². The maximum absolute atomic E-state index is 4.96. The maximum Gasteiger partial charge on any atom is 0.160 e. The summed E-state index contributed by atoms with van der Waals surface area (Å²) in [7, 11) is 2.22. The second-order valence-electron chi connectivity index (χ2n) is 6.43. The molecule has 0 bridgehead atoms. The summed E-state index contributed by atoms with van der Waals surface area (Å²) in [6, 6.07) is 4.59. The number of pyridine rings is 1. The molecule has 4 heterocycles. The van der Waals surface area contributed by atoms with Gasteiger partial charge in [-0.1, -0.05) is 0 Å². The molecule has 2 aliphatic rings. The number of likely N-dealkylation sites (N-methyl/N-ethyl adjacent to an activating group) is 1. The highest BCUT2D eigenvalue weighted by atomic mass is 15.2. The Morgan fingerprint density at radius 2 is 2.29 bits per heavy atom. The SMILES string of the molecule is CN1CCCC(c2nc3cccnc3n2C2CCNC2)C1. The molecule has 0 aromatic carbocycles. The van der Waals surface area contributed by atoms with Crippen LogP contribution in [-0.2, 0) is 0 Å². The molecule has 2 unspecified atom stereocenters. The van der Waals surface area contributed by atoms with Crippen LogP contribution in [0, 0.1) is 0 Å². The van der Waals surface area contributed by atoms with Crippen LogP contribution < -0.4 is 5.32 Å². The molecule has 5 nitrogen and oxygen atoms in total. The van der Waals surface area contributed by atoms with Crippen molar-refractivity contribution in [3.05, 3.63) is 24.2 Å². The minimum atomic E-state index is 0.507. The van der Waals surface area contributed by atoms with E-state index in [2.05, 4.69) is 32.9 Å². The fraction of sp³-hybridized carbons (Fsp3) is 0.625. The van der Waals surface area contributed by atoms with E-state index in [1.54, 1.807) is 0 Å². The van der Waals surface area contributed by atoms with Crippen molar-refractivity contribution in [2.75, 3.05) is 33.2 Å². The molecule has 2 fully saturated rings. The summed E-state index contributed by atoms with van der Waals surface area (Å²) in [6.45, 7) is 4.46. The Morgan fingerprint density at radius 1 is 1.33 bits per heavy atom. The van der Waals surface area contributed by atoms with Gasteiger partial charge in [0.1, 0.15) is 11.3 Å². The van der Waals surface area contributed by atoms with Gasteiger partial charge in [-0.25, -0.2) is 9.97 Å². The van der Waals surface area contributed by atoms with E-state index < -0.39 is 0 Å². The fourth-order valence-corrected chi connectivity index (χ4v) is 3.83. The number of aromatic nitrogens is 3. The standard InChI is InChI=1S/C16H23N5/c1-20-9-3-4-12(11-20)15-19-14-5-2-7-18-16(14)21(15)13-6-8-17-10-13/h2,5,7,12-13,17H,3-4,6,8-11H2,1H3. The third-order valence-corrected chi connectivity index (χ3v) is 4.87. The molecule has 2 aromatic rings. The van der Waals surface area contributed by atoms with Gasteiger partial charge in [-0.2, -0.15) is 0 Å². The smallest absolute Gasteiger partial charge is 0.160 e. The zero-order valence-electron chi connectivity index (χ0n) is 12.6. The molecule has 0 aliphatic carbocycles. The summed E-state index contributed by atoms with van der Waals surface area (Å²) in [5.74, 6) is 1.79. The van der Waals surface area contributed by atoms with Gasteiger partial charge in [-0.3, -0.25) is 0 Å². The van der Waals surface area contributed by atoms with Gasteiger partial charge in [0, 0.05) is 25.2 Å². The van der Waals surface area contributed by atoms with Crippen LogP contribution in [0.3, 0.4) is 0 Å². The first-order valence-electron chi connectivity index (χ1n) is 8.05. The normalized spacial score (nSPS) is 27.5. The molecule has 0 spiro atoms. The van der Waals surface area contributed by atoms with E-state index >= 15 is 0 Å². The van der Waals surface area contributed by atoms with Crippen LogP contribution >= 0.6 is 0 Å². The molecule has 0 radical (unpaired) electrons. The minimum Gasteiger partial charge on any atom is -0.315 e. The third-order valence-electron chi connectivity index (χ3n) is 4.87. The molecule has 1 N–H and O–H groups in total. The summed E-state index contributed by atoms with van der Waals surface area (Å²) in [5.41, 5.74) is 2.11. The van der Waals surface area contributed by atoms with Crippen molar-refractivity contribution < 1.29 is 0 Å². The molecule has 2 atom stereocenters. The Hall–Kier alpha value is -1.46. The van der Waals surface area contributed by atoms with Gasteiger partial charge in [-0.15, -0.1) is 0 Å². The van der Waals surface area contributed by atoms with Crippen LogP contribution in [0.1, 0.15) is 37.0 Å². The highest BCUT2D eigenvalue weighted by Crippen LogP contribution is 2.32. The van der Waals surface area contributed by atoms with Crippen molar-refractivity contribution in [2.45, 2.75) is 31.2 Å². The monoisotopic (exact) mass is 285 g/mol. The van der Waals surface area contributed by atoms with Crippen LogP contribution in [0.5, 0.6) is 0 Å². The van der Waals surface area contributed by atoms with E-state index in [0.29, 0.717) is 12.0 Å². The molecular weight excluding hydrogens is 262 g/mol. The zero-order chi connectivity index (χ0) is 14.2. The first-order chi connectivity index (χ1) is 10.3. The van der Waals surface area contributed by atoms with Gasteiger partial charge in [0.05, 0.1) is 6.04 Å². The Bertz CT molecular complexity index is 629. The van der Waals surface area contributed by atoms with Crippen LogP contribution in [-0.4, -0.2) is 52.7 Å². The lowest BCUT2D eigenvalue weighted by atomic mass is 9.97. The van der Waals surface area contributed by atoms with Gasteiger partial charge in [0.2, 0.25) is 0 Å². The van der Waals surface area contributed by atoms with Gasteiger partial charge in [0.25, 0.3) is 0 Å². The fourth-order valence-electron chi connectivity index (χ4n) is 3.83. The largest absolute Gasteiger partial charge is 0.315 e. The Balaban J connectivity index is 1.80. The van der Waals surface area contributed by atoms with E-state index in [-0.39, 0.29) is 0 Å². The van der Waals surface area contributed by atoms with Gasteiger partial charge in [0.15, 0.2) is 5.65 Å². The molecule has 4 rings (SSSR count). The van der Waals surface area contributed by atoms with Crippen LogP contribution in [0.15, 0.2) is 18.3 Å². The first-order valence-corrected chi connectivity index (χ1v) is 8.05. The Kier molecular flexibility index (Phi) is 3.39. The zero-order valence-corrected chi connectivity index (χ0v) is 12.6. The van der Waals surface area contributed by atoms with E-state index in [1.807, 2.05) is 12.3 Å². The topological polar surface area (TPSA) is 46.0 Å². The first kappa shape index (κ1) is 13.2. The predicted molar refractivity (Wildman–Crippen MR) is 83.5 cm³/mol. The van der Waals surface area contributed by atoms with E-state index in [1.165, 1.54) is 31.6 Å². The molecule has 112 valence electrons. The second-order valence-corrected chi connectivity index (χ2v) is 6.43. The number of rotatable bonds is 2. The average molecular weight is 285 g/mol. The summed E-state index contributed by atoms with van der Waals surface area (Å²) in [5, 5.41) is 3.48. The van der Waals surface area contributed by atoms with Crippen molar-refractivity contribution in [3.63, 3.8) is 0 Å². The Morgan fingerprint density at radius 3 is 3.10 bits per heavy atom. The molecule has 0 amide bonds. The number of nitrogens with zero attached hydrogens (tertiary/aromatic N) is 4. The van der Waals surface area contributed by atoms with Crippen molar-refractivity contribution >= 4 is 11.2 Å². The number of piperidine rings is 1. The number of imidazole rings is 1. The predicted octanol–water partition coefficient (Wildman–Crippen LogP) is 1.77. The van der Waals surface area contributed by atoms with Crippen molar-refractivity contribution in [2.24, 2.45) is 0 Å². The van der Waals surface area contributed by atoms with Crippen molar-refractivity contribution in [1.82, 2.24) is 24.8 Å². The van der Waals surface area contributed by atoms with Crippen molar-refractivity contribution in [1.29, 1.82) is 0 Å². The lowest BCUT2D eigenvalue weighted by molar-refractivity contribution is 0.241. The molecule has 2 aliphatic heterocycles. The van der Waals surface area contributed by atoms with E-state index in [0.717, 1.165) is 30.8 Å². The molecule has 2 saturated heterocycles. The highest BCUT2D eigenvalue weighted by Gasteiger charge is 2.29. The number of hydrogen-bond acceptors (Lipinski definition) is 4. The number of likely N-dealkylation sites (tertiary alicyclic amines) is 1. The maximum atomic E-state index is 4.96. The Labute approximate surface area is 125 Å². The minimum absolute atomic E-state index is 0.507. The lowest BCUT2D eigenvalue weighted by Gasteiger charge is -2.30. The molecule has 21 heavy (non-hydrogen) atoms. The van der Waals surface area contributed by atoms with E-state index in [9.17, 15) is 0 Å². The van der Waals surface area contributed by atoms with Crippen LogP contribution in [0.2, 0.25) is 0 Å².